The Balaban J connectivity index is 2.96. The molecule has 0 saturated carbocycles. The number of esters is 1. The second-order valence-corrected chi connectivity index (χ2v) is 5.86. The number of alkyl halides is 9. The number of hydrogen-bond acceptors (Lipinski definition) is 3. The lowest BCUT2D eigenvalue weighted by Crippen LogP contribution is -2.62. The Kier molecular flexibility index (Phi) is 6.16. The molecule has 0 fully saturated rings. The highest BCUT2D eigenvalue weighted by atomic mass is 19.4. The second-order valence-electron chi connectivity index (χ2n) is 5.86. The molecule has 154 valence electrons. The quantitative estimate of drug-likeness (QED) is 0.536. The fraction of sp³-hybridized carbons (Fsp3) is 0.533. The van der Waals surface area contributed by atoms with Crippen LogP contribution in [0, 0.1) is 0 Å². The van der Waals surface area contributed by atoms with E-state index in [4.69, 9.17) is 0 Å². The maximum absolute atomic E-state index is 13.5. The molecule has 1 atom stereocenters. The first-order valence-corrected chi connectivity index (χ1v) is 7.09. The predicted molar refractivity (Wildman–Crippen MR) is 72.4 cm³/mol. The van der Waals surface area contributed by atoms with E-state index in [0.717, 1.165) is 0 Å². The SMILES string of the molecule is CC(O)(CC(F)(F)C(F)(F)C(F)(F)C(F)(F)F)C(=O)OCc1ccccc1. The molecule has 0 aliphatic rings. The lowest BCUT2D eigenvalue weighted by molar-refractivity contribution is -0.399. The van der Waals surface area contributed by atoms with Gasteiger partial charge in [0.2, 0.25) is 0 Å². The molecule has 1 aromatic carbocycles. The Morgan fingerprint density at radius 3 is 1.85 bits per heavy atom. The number of ether oxygens (including phenoxy) is 1. The monoisotopic (exact) mass is 412 g/mol. The topological polar surface area (TPSA) is 46.5 Å². The van der Waals surface area contributed by atoms with E-state index < -0.39 is 48.5 Å². The van der Waals surface area contributed by atoms with E-state index in [2.05, 4.69) is 4.74 Å². The molecule has 0 bridgehead atoms. The van der Waals surface area contributed by atoms with E-state index in [1.807, 2.05) is 0 Å². The van der Waals surface area contributed by atoms with Crippen molar-refractivity contribution in [3.63, 3.8) is 0 Å². The van der Waals surface area contributed by atoms with Gasteiger partial charge in [-0.05, 0) is 12.5 Å². The normalized spacial score (nSPS) is 16.0. The number of halogens is 9. The maximum Gasteiger partial charge on any atom is 0.460 e. The lowest BCUT2D eigenvalue weighted by atomic mass is 9.91. The summed E-state index contributed by atoms with van der Waals surface area (Å²) in [4.78, 5) is 11.6. The molecular formula is C15H13F9O3. The van der Waals surface area contributed by atoms with E-state index in [-0.39, 0.29) is 6.92 Å². The summed E-state index contributed by atoms with van der Waals surface area (Å²) in [5.74, 6) is -22.0. The largest absolute Gasteiger partial charge is 0.460 e. The van der Waals surface area contributed by atoms with Gasteiger partial charge in [0, 0.05) is 0 Å². The second kappa shape index (κ2) is 7.21. The highest BCUT2D eigenvalue weighted by Gasteiger charge is 2.82. The molecule has 0 heterocycles. The highest BCUT2D eigenvalue weighted by molar-refractivity contribution is 5.78. The van der Waals surface area contributed by atoms with Crippen molar-refractivity contribution < 1.29 is 54.2 Å². The summed E-state index contributed by atoms with van der Waals surface area (Å²) >= 11 is 0. The zero-order chi connectivity index (χ0) is 21.3. The summed E-state index contributed by atoms with van der Waals surface area (Å²) in [5.41, 5.74) is -3.16. The molecule has 3 nitrogen and oxygen atoms in total. The van der Waals surface area contributed by atoms with Gasteiger partial charge in [0.05, 0.1) is 6.42 Å². The predicted octanol–water partition coefficient (Wildman–Crippen LogP) is 4.34. The van der Waals surface area contributed by atoms with Gasteiger partial charge in [-0.1, -0.05) is 30.3 Å². The number of benzene rings is 1. The average Bonchev–Trinajstić information content (AvgIpc) is 2.51. The summed E-state index contributed by atoms with van der Waals surface area (Å²) in [6.07, 6.45) is -9.72. The minimum atomic E-state index is -7.10. The van der Waals surface area contributed by atoms with Crippen LogP contribution in [0.5, 0.6) is 0 Å². The molecule has 0 aliphatic carbocycles. The van der Waals surface area contributed by atoms with Crippen LogP contribution in [-0.2, 0) is 16.1 Å². The maximum atomic E-state index is 13.5. The van der Waals surface area contributed by atoms with Crippen molar-refractivity contribution in [1.29, 1.82) is 0 Å². The van der Waals surface area contributed by atoms with E-state index in [9.17, 15) is 49.4 Å². The minimum Gasteiger partial charge on any atom is -0.459 e. The summed E-state index contributed by atoms with van der Waals surface area (Å²) in [6, 6.07) is 7.39. The first kappa shape index (κ1) is 23.1. The van der Waals surface area contributed by atoms with Crippen LogP contribution in [0.2, 0.25) is 0 Å². The summed E-state index contributed by atoms with van der Waals surface area (Å²) in [5, 5.41) is 9.61. The molecule has 0 amide bonds. The molecule has 1 unspecified atom stereocenters. The summed E-state index contributed by atoms with van der Waals surface area (Å²) < 4.78 is 120. The van der Waals surface area contributed by atoms with Crippen molar-refractivity contribution in [2.24, 2.45) is 0 Å². The molecule has 0 radical (unpaired) electrons. The van der Waals surface area contributed by atoms with Crippen LogP contribution < -0.4 is 0 Å². The van der Waals surface area contributed by atoms with Crippen LogP contribution in [0.3, 0.4) is 0 Å². The average molecular weight is 412 g/mol. The number of carbonyl (C=O) groups excluding carboxylic acids is 1. The Morgan fingerprint density at radius 1 is 0.926 bits per heavy atom. The van der Waals surface area contributed by atoms with Crippen molar-refractivity contribution in [3.8, 4) is 0 Å². The third-order valence-corrected chi connectivity index (χ3v) is 3.43. The molecule has 1 N–H and O–H groups in total. The van der Waals surface area contributed by atoms with Crippen molar-refractivity contribution in [2.45, 2.75) is 49.5 Å². The van der Waals surface area contributed by atoms with Gasteiger partial charge < -0.3 is 9.84 Å². The molecule has 0 aliphatic heterocycles. The third kappa shape index (κ3) is 4.66. The lowest BCUT2D eigenvalue weighted by Gasteiger charge is -2.36. The van der Waals surface area contributed by atoms with Crippen molar-refractivity contribution in [1.82, 2.24) is 0 Å². The van der Waals surface area contributed by atoms with Crippen LogP contribution in [0.15, 0.2) is 30.3 Å². The number of carbonyl (C=O) groups is 1. The fourth-order valence-electron chi connectivity index (χ4n) is 1.90. The van der Waals surface area contributed by atoms with Gasteiger partial charge >= 0.3 is 29.9 Å². The van der Waals surface area contributed by atoms with Gasteiger partial charge in [0.1, 0.15) is 6.61 Å². The van der Waals surface area contributed by atoms with E-state index in [0.29, 0.717) is 5.56 Å². The molecular weight excluding hydrogens is 399 g/mol. The molecule has 1 aromatic rings. The number of rotatable bonds is 7. The van der Waals surface area contributed by atoms with E-state index in [1.165, 1.54) is 24.3 Å². The smallest absolute Gasteiger partial charge is 0.459 e. The summed E-state index contributed by atoms with van der Waals surface area (Å²) in [7, 11) is 0. The molecule has 12 heteroatoms. The van der Waals surface area contributed by atoms with Crippen molar-refractivity contribution in [3.05, 3.63) is 35.9 Å². The number of hydrogen-bond donors (Lipinski definition) is 1. The zero-order valence-corrected chi connectivity index (χ0v) is 13.5. The van der Waals surface area contributed by atoms with Gasteiger partial charge in [-0.15, -0.1) is 0 Å². The first-order valence-electron chi connectivity index (χ1n) is 7.09. The standard InChI is InChI=1S/C15H13F9O3/c1-11(26,10(25)27-7-9-5-3-2-4-6-9)8-12(16,17)13(18,19)14(20,21)15(22,23)24/h2-6,26H,7-8H2,1H3. The molecule has 0 aromatic heterocycles. The fourth-order valence-corrected chi connectivity index (χ4v) is 1.90. The number of aliphatic hydroxyl groups is 1. The van der Waals surface area contributed by atoms with Crippen LogP contribution in [0.25, 0.3) is 0 Å². The van der Waals surface area contributed by atoms with Gasteiger partial charge in [0.15, 0.2) is 5.60 Å². The van der Waals surface area contributed by atoms with Crippen LogP contribution >= 0.6 is 0 Å². The first-order chi connectivity index (χ1) is 12.0. The van der Waals surface area contributed by atoms with E-state index in [1.54, 1.807) is 6.07 Å². The van der Waals surface area contributed by atoms with Crippen LogP contribution in [-0.4, -0.2) is 40.6 Å². The van der Waals surface area contributed by atoms with Crippen molar-refractivity contribution in [2.75, 3.05) is 0 Å². The minimum absolute atomic E-state index is 0.232. The van der Waals surface area contributed by atoms with Gasteiger partial charge in [-0.25, -0.2) is 4.79 Å². The van der Waals surface area contributed by atoms with Gasteiger partial charge in [0.25, 0.3) is 0 Å². The van der Waals surface area contributed by atoms with E-state index >= 15 is 0 Å². The molecule has 1 rings (SSSR count). The Morgan fingerprint density at radius 2 is 1.41 bits per heavy atom. The molecule has 27 heavy (non-hydrogen) atoms. The van der Waals surface area contributed by atoms with Crippen LogP contribution in [0.1, 0.15) is 18.9 Å². The summed E-state index contributed by atoms with van der Waals surface area (Å²) in [6.45, 7) is -0.355. The zero-order valence-electron chi connectivity index (χ0n) is 13.5. The Labute approximate surface area is 146 Å². The molecule has 0 spiro atoms. The van der Waals surface area contributed by atoms with Crippen molar-refractivity contribution >= 4 is 5.97 Å². The Hall–Kier alpha value is -1.98. The third-order valence-electron chi connectivity index (χ3n) is 3.43. The Bertz CT molecular complexity index is 654. The van der Waals surface area contributed by atoms with Gasteiger partial charge in [-0.3, -0.25) is 0 Å². The highest BCUT2D eigenvalue weighted by Crippen LogP contribution is 2.54. The molecule has 0 saturated heterocycles. The van der Waals surface area contributed by atoms with Gasteiger partial charge in [-0.2, -0.15) is 39.5 Å². The van der Waals surface area contributed by atoms with Crippen LogP contribution in [0.4, 0.5) is 39.5 Å².